The van der Waals surface area contributed by atoms with Gasteiger partial charge in [0.2, 0.25) is 5.91 Å². The Morgan fingerprint density at radius 3 is 2.41 bits per heavy atom. The molecule has 1 aromatic heterocycles. The molecule has 2 aromatic carbocycles. The Morgan fingerprint density at radius 1 is 1.17 bits per heavy atom. The number of nitrogens with zero attached hydrogens (tertiary/aromatic N) is 2. The zero-order valence-corrected chi connectivity index (χ0v) is 16.1. The van der Waals surface area contributed by atoms with Gasteiger partial charge in [-0.15, -0.1) is 0 Å². The van der Waals surface area contributed by atoms with E-state index in [9.17, 15) is 27.2 Å². The highest BCUT2D eigenvalue weighted by Crippen LogP contribution is 2.27. The molecule has 0 aliphatic rings. The smallest absolute Gasteiger partial charge is 0.262 e. The molecule has 3 rings (SSSR count). The van der Waals surface area contributed by atoms with Crippen molar-refractivity contribution < 1.29 is 22.4 Å². The van der Waals surface area contributed by atoms with Crippen LogP contribution in [0.3, 0.4) is 0 Å². The van der Waals surface area contributed by atoms with Crippen molar-refractivity contribution in [2.45, 2.75) is 30.8 Å². The number of thioether (sulfide) groups is 1. The molecular formula is C19H15F4N3O2S. The molecule has 0 bridgehead atoms. The molecule has 1 unspecified atom stereocenters. The van der Waals surface area contributed by atoms with Gasteiger partial charge in [-0.3, -0.25) is 14.2 Å². The van der Waals surface area contributed by atoms with Gasteiger partial charge in [-0.2, -0.15) is 0 Å². The van der Waals surface area contributed by atoms with Gasteiger partial charge in [0.1, 0.15) is 5.69 Å². The van der Waals surface area contributed by atoms with Gasteiger partial charge in [0, 0.05) is 12.6 Å². The molecule has 0 aliphatic carbocycles. The average molecular weight is 425 g/mol. The number of amides is 1. The summed E-state index contributed by atoms with van der Waals surface area (Å²) in [6.45, 7) is 3.42. The molecule has 0 spiro atoms. The first-order chi connectivity index (χ1) is 13.7. The lowest BCUT2D eigenvalue weighted by atomic mass is 10.2. The van der Waals surface area contributed by atoms with E-state index in [1.54, 1.807) is 31.2 Å². The zero-order valence-electron chi connectivity index (χ0n) is 15.3. The van der Waals surface area contributed by atoms with Gasteiger partial charge in [-0.05, 0) is 26.0 Å². The van der Waals surface area contributed by atoms with Crippen molar-refractivity contribution in [2.24, 2.45) is 0 Å². The number of halogens is 4. The van der Waals surface area contributed by atoms with Crippen LogP contribution in [-0.2, 0) is 11.3 Å². The van der Waals surface area contributed by atoms with Gasteiger partial charge in [0.05, 0.1) is 16.2 Å². The first-order valence-corrected chi connectivity index (χ1v) is 9.42. The van der Waals surface area contributed by atoms with Crippen LogP contribution in [0, 0.1) is 23.3 Å². The number of benzene rings is 2. The van der Waals surface area contributed by atoms with Gasteiger partial charge in [-0.25, -0.2) is 22.5 Å². The molecule has 0 saturated carbocycles. The minimum atomic E-state index is -1.70. The monoisotopic (exact) mass is 425 g/mol. The third-order valence-electron chi connectivity index (χ3n) is 4.15. The van der Waals surface area contributed by atoms with Crippen molar-refractivity contribution in [3.8, 4) is 0 Å². The predicted octanol–water partition coefficient (Wildman–Crippen LogP) is 4.09. The van der Waals surface area contributed by atoms with Crippen molar-refractivity contribution in [1.82, 2.24) is 9.55 Å². The summed E-state index contributed by atoms with van der Waals surface area (Å²) in [5.74, 6) is -7.58. The summed E-state index contributed by atoms with van der Waals surface area (Å²) in [7, 11) is 0. The molecule has 29 heavy (non-hydrogen) atoms. The van der Waals surface area contributed by atoms with Crippen LogP contribution in [0.15, 0.2) is 40.3 Å². The van der Waals surface area contributed by atoms with Crippen LogP contribution in [0.5, 0.6) is 0 Å². The Balaban J connectivity index is 1.90. The maximum Gasteiger partial charge on any atom is 0.262 e. The highest BCUT2D eigenvalue weighted by atomic mass is 32.2. The molecule has 1 N–H and O–H groups in total. The van der Waals surface area contributed by atoms with Crippen molar-refractivity contribution in [3.63, 3.8) is 0 Å². The maximum absolute atomic E-state index is 13.8. The zero-order chi connectivity index (χ0) is 21.3. The SMILES string of the molecule is CCn1c(SC(C)C(=O)Nc2c(F)c(F)cc(F)c2F)nc2ccccc2c1=O. The minimum Gasteiger partial charge on any atom is -0.320 e. The molecule has 0 radical (unpaired) electrons. The van der Waals surface area contributed by atoms with Crippen molar-refractivity contribution >= 4 is 34.3 Å². The van der Waals surface area contributed by atoms with E-state index in [2.05, 4.69) is 4.98 Å². The lowest BCUT2D eigenvalue weighted by Crippen LogP contribution is -2.27. The summed E-state index contributed by atoms with van der Waals surface area (Å²) >= 11 is 0.879. The Hall–Kier alpha value is -2.88. The highest BCUT2D eigenvalue weighted by Gasteiger charge is 2.24. The van der Waals surface area contributed by atoms with E-state index in [0.717, 1.165) is 11.8 Å². The standard InChI is InChI=1S/C19H15F4N3O2S/c1-3-26-18(28)10-6-4-5-7-13(10)24-19(26)29-9(2)17(27)25-16-14(22)11(20)8-12(21)15(16)23/h4-9H,3H2,1-2H3,(H,25,27). The Bertz CT molecular complexity index is 1140. The summed E-state index contributed by atoms with van der Waals surface area (Å²) in [6.07, 6.45) is 0. The van der Waals surface area contributed by atoms with E-state index < -0.39 is 40.1 Å². The van der Waals surface area contributed by atoms with Crippen LogP contribution in [0.4, 0.5) is 23.2 Å². The fourth-order valence-electron chi connectivity index (χ4n) is 2.64. The number of hydrogen-bond acceptors (Lipinski definition) is 4. The average Bonchev–Trinajstić information content (AvgIpc) is 2.70. The third kappa shape index (κ3) is 3.98. The van der Waals surface area contributed by atoms with E-state index in [4.69, 9.17) is 0 Å². The lowest BCUT2D eigenvalue weighted by Gasteiger charge is -2.16. The number of hydrogen-bond donors (Lipinski definition) is 1. The molecule has 1 amide bonds. The fourth-order valence-corrected chi connectivity index (χ4v) is 3.61. The van der Waals surface area contributed by atoms with E-state index >= 15 is 0 Å². The number of nitrogens with one attached hydrogen (secondary N) is 1. The third-order valence-corrected chi connectivity index (χ3v) is 5.24. The molecule has 1 atom stereocenters. The van der Waals surface area contributed by atoms with Gasteiger partial charge >= 0.3 is 0 Å². The molecule has 0 fully saturated rings. The van der Waals surface area contributed by atoms with E-state index in [-0.39, 0.29) is 23.3 Å². The number of aromatic nitrogens is 2. The number of carbonyl (C=O) groups is 1. The van der Waals surface area contributed by atoms with Gasteiger partial charge in [-0.1, -0.05) is 23.9 Å². The topological polar surface area (TPSA) is 64.0 Å². The number of para-hydroxylation sites is 1. The molecule has 0 aliphatic heterocycles. The van der Waals surface area contributed by atoms with Crippen LogP contribution in [0.25, 0.3) is 10.9 Å². The molecule has 3 aromatic rings. The normalized spacial score (nSPS) is 12.2. The second kappa shape index (κ2) is 8.24. The quantitative estimate of drug-likeness (QED) is 0.290. The second-order valence-corrected chi connectivity index (χ2v) is 7.36. The number of carbonyl (C=O) groups excluding carboxylic acids is 1. The summed E-state index contributed by atoms with van der Waals surface area (Å²) in [5.41, 5.74) is -1.07. The molecule has 0 saturated heterocycles. The van der Waals surface area contributed by atoms with Crippen molar-refractivity contribution in [1.29, 1.82) is 0 Å². The fraction of sp³-hybridized carbons (Fsp3) is 0.211. The summed E-state index contributed by atoms with van der Waals surface area (Å²) in [5, 5.41) is 1.52. The molecule has 5 nitrogen and oxygen atoms in total. The molecular weight excluding hydrogens is 410 g/mol. The highest BCUT2D eigenvalue weighted by molar-refractivity contribution is 8.00. The number of anilines is 1. The summed E-state index contributed by atoms with van der Waals surface area (Å²) in [4.78, 5) is 29.4. The lowest BCUT2D eigenvalue weighted by molar-refractivity contribution is -0.115. The molecule has 1 heterocycles. The van der Waals surface area contributed by atoms with Gasteiger partial charge < -0.3 is 5.32 Å². The number of rotatable bonds is 5. The second-order valence-electron chi connectivity index (χ2n) is 6.05. The Labute approximate surface area is 166 Å². The predicted molar refractivity (Wildman–Crippen MR) is 102 cm³/mol. The minimum absolute atomic E-state index is 0.0530. The van der Waals surface area contributed by atoms with Crippen LogP contribution in [0.2, 0.25) is 0 Å². The molecule has 10 heteroatoms. The Kier molecular flexibility index (Phi) is 5.92. The van der Waals surface area contributed by atoms with Gasteiger partial charge in [0.15, 0.2) is 28.4 Å². The van der Waals surface area contributed by atoms with Crippen molar-refractivity contribution in [2.75, 3.05) is 5.32 Å². The van der Waals surface area contributed by atoms with Crippen LogP contribution >= 0.6 is 11.8 Å². The van der Waals surface area contributed by atoms with E-state index in [1.165, 1.54) is 11.5 Å². The van der Waals surface area contributed by atoms with Crippen LogP contribution in [0.1, 0.15) is 13.8 Å². The first kappa shape index (κ1) is 20.8. The van der Waals surface area contributed by atoms with Crippen molar-refractivity contribution in [3.05, 3.63) is 64.0 Å². The Morgan fingerprint density at radius 2 is 1.79 bits per heavy atom. The van der Waals surface area contributed by atoms with Crippen LogP contribution in [-0.4, -0.2) is 20.7 Å². The maximum atomic E-state index is 13.8. The summed E-state index contributed by atoms with van der Waals surface area (Å²) in [6, 6.07) is 6.74. The van der Waals surface area contributed by atoms with Gasteiger partial charge in [0.25, 0.3) is 5.56 Å². The van der Waals surface area contributed by atoms with Crippen LogP contribution < -0.4 is 10.9 Å². The van der Waals surface area contributed by atoms with E-state index in [1.807, 2.05) is 5.32 Å². The molecule has 152 valence electrons. The largest absolute Gasteiger partial charge is 0.320 e. The number of fused-ring (bicyclic) bond motifs is 1. The van der Waals surface area contributed by atoms with E-state index in [0.29, 0.717) is 10.9 Å². The first-order valence-electron chi connectivity index (χ1n) is 8.54. The summed E-state index contributed by atoms with van der Waals surface area (Å²) < 4.78 is 55.6.